The number of carbonyl (C=O) groups is 1. The van der Waals surface area contributed by atoms with Gasteiger partial charge in [-0.2, -0.15) is 0 Å². The van der Waals surface area contributed by atoms with Crippen LogP contribution in [-0.2, 0) is 18.4 Å². The molecule has 0 saturated carbocycles. The highest BCUT2D eigenvalue weighted by Gasteiger charge is 2.22. The van der Waals surface area contributed by atoms with Crippen molar-refractivity contribution in [2.75, 3.05) is 6.54 Å². The number of halogens is 2. The highest BCUT2D eigenvalue weighted by atomic mass is 79.9. The summed E-state index contributed by atoms with van der Waals surface area (Å²) in [6.07, 6.45) is 0. The molecule has 0 atom stereocenters. The molecule has 1 N–H and O–H groups in total. The van der Waals surface area contributed by atoms with Gasteiger partial charge in [-0.15, -0.1) is 17.0 Å². The van der Waals surface area contributed by atoms with E-state index in [2.05, 4.69) is 4.99 Å². The number of carboxylic acids is 1. The van der Waals surface area contributed by atoms with Gasteiger partial charge in [0.1, 0.15) is 24.7 Å². The SMILES string of the molecule is Br.Cn1c2c(sc1=NCC(=O)O)COc1ccc(F)cc1-2. The largest absolute Gasteiger partial charge is 0.487 e. The zero-order chi connectivity index (χ0) is 14.3. The topological polar surface area (TPSA) is 63.8 Å². The van der Waals surface area contributed by atoms with Crippen LogP contribution in [0.15, 0.2) is 23.2 Å². The normalized spacial score (nSPS) is 13.0. The summed E-state index contributed by atoms with van der Waals surface area (Å²) in [7, 11) is 1.79. The third-order valence-electron chi connectivity index (χ3n) is 3.01. The van der Waals surface area contributed by atoms with Gasteiger partial charge in [0.05, 0.1) is 10.6 Å². The molecule has 0 bridgehead atoms. The fourth-order valence-corrected chi connectivity index (χ4v) is 3.21. The molecular formula is C13H12BrFN2O3S. The number of carboxylic acid groups (broad SMARTS) is 1. The second kappa shape index (κ2) is 5.98. The van der Waals surface area contributed by atoms with E-state index in [0.717, 1.165) is 10.6 Å². The molecular weight excluding hydrogens is 363 g/mol. The number of ether oxygens (including phenoxy) is 1. The Kier molecular flexibility index (Phi) is 4.48. The fraction of sp³-hybridized carbons (Fsp3) is 0.231. The predicted molar refractivity (Wildman–Crippen MR) is 81.4 cm³/mol. The summed E-state index contributed by atoms with van der Waals surface area (Å²) in [6, 6.07) is 4.37. The van der Waals surface area contributed by atoms with Crippen molar-refractivity contribution in [2.45, 2.75) is 6.61 Å². The van der Waals surface area contributed by atoms with Crippen LogP contribution in [-0.4, -0.2) is 22.2 Å². The van der Waals surface area contributed by atoms with E-state index < -0.39 is 5.97 Å². The van der Waals surface area contributed by atoms with Crippen molar-refractivity contribution >= 4 is 34.3 Å². The van der Waals surface area contributed by atoms with E-state index in [0.29, 0.717) is 22.7 Å². The van der Waals surface area contributed by atoms with Gasteiger partial charge in [-0.25, -0.2) is 9.38 Å². The molecule has 0 saturated heterocycles. The summed E-state index contributed by atoms with van der Waals surface area (Å²) in [5.74, 6) is -0.702. The van der Waals surface area contributed by atoms with E-state index in [1.165, 1.54) is 23.5 Å². The zero-order valence-electron chi connectivity index (χ0n) is 11.0. The van der Waals surface area contributed by atoms with Crippen LogP contribution in [0.5, 0.6) is 5.75 Å². The summed E-state index contributed by atoms with van der Waals surface area (Å²) in [5, 5.41) is 8.69. The van der Waals surface area contributed by atoms with E-state index in [1.807, 2.05) is 0 Å². The van der Waals surface area contributed by atoms with Gasteiger partial charge in [0, 0.05) is 12.6 Å². The van der Waals surface area contributed by atoms with Crippen molar-refractivity contribution in [1.29, 1.82) is 0 Å². The molecule has 1 aliphatic heterocycles. The Morgan fingerprint density at radius 2 is 2.33 bits per heavy atom. The summed E-state index contributed by atoms with van der Waals surface area (Å²) < 4.78 is 20.8. The summed E-state index contributed by atoms with van der Waals surface area (Å²) >= 11 is 1.36. The molecule has 0 radical (unpaired) electrons. The van der Waals surface area contributed by atoms with E-state index in [1.54, 1.807) is 17.7 Å². The van der Waals surface area contributed by atoms with Gasteiger partial charge in [0.2, 0.25) is 0 Å². The van der Waals surface area contributed by atoms with Gasteiger partial charge in [-0.3, -0.25) is 4.79 Å². The Hall–Kier alpha value is -1.67. The number of fused-ring (bicyclic) bond motifs is 3. The maximum absolute atomic E-state index is 13.4. The second-order valence-electron chi connectivity index (χ2n) is 4.35. The first-order chi connectivity index (χ1) is 9.56. The van der Waals surface area contributed by atoms with E-state index in [9.17, 15) is 9.18 Å². The quantitative estimate of drug-likeness (QED) is 0.877. The molecule has 5 nitrogen and oxygen atoms in total. The molecule has 0 fully saturated rings. The lowest BCUT2D eigenvalue weighted by molar-refractivity contribution is -0.135. The lowest BCUT2D eigenvalue weighted by atomic mass is 10.1. The Labute approximate surface area is 134 Å². The summed E-state index contributed by atoms with van der Waals surface area (Å²) in [4.78, 5) is 16.1. The van der Waals surface area contributed by atoms with Crippen molar-refractivity contribution in [2.24, 2.45) is 12.0 Å². The number of benzene rings is 1. The minimum atomic E-state index is -0.987. The first-order valence-electron chi connectivity index (χ1n) is 5.90. The average molecular weight is 375 g/mol. The molecule has 1 aromatic carbocycles. The number of hydrogen-bond acceptors (Lipinski definition) is 4. The summed E-state index contributed by atoms with van der Waals surface area (Å²) in [5.41, 5.74) is 1.50. The third kappa shape index (κ3) is 2.86. The maximum Gasteiger partial charge on any atom is 0.325 e. The monoisotopic (exact) mass is 374 g/mol. The van der Waals surface area contributed by atoms with Crippen molar-refractivity contribution in [3.63, 3.8) is 0 Å². The predicted octanol–water partition coefficient (Wildman–Crippen LogP) is 2.35. The van der Waals surface area contributed by atoms with Crippen LogP contribution in [0.4, 0.5) is 4.39 Å². The van der Waals surface area contributed by atoms with E-state index in [-0.39, 0.29) is 29.3 Å². The molecule has 0 unspecified atom stereocenters. The fourth-order valence-electron chi connectivity index (χ4n) is 2.17. The average Bonchev–Trinajstić information content (AvgIpc) is 2.73. The molecule has 0 spiro atoms. The Morgan fingerprint density at radius 3 is 3.05 bits per heavy atom. The van der Waals surface area contributed by atoms with Gasteiger partial charge in [0.25, 0.3) is 0 Å². The first-order valence-corrected chi connectivity index (χ1v) is 6.71. The molecule has 0 amide bonds. The van der Waals surface area contributed by atoms with Crippen molar-refractivity contribution < 1.29 is 19.0 Å². The van der Waals surface area contributed by atoms with Gasteiger partial charge >= 0.3 is 5.97 Å². The molecule has 3 rings (SSSR count). The van der Waals surface area contributed by atoms with Crippen LogP contribution in [0.2, 0.25) is 0 Å². The van der Waals surface area contributed by atoms with Crippen LogP contribution in [0.1, 0.15) is 4.88 Å². The molecule has 21 heavy (non-hydrogen) atoms. The molecule has 0 aliphatic carbocycles. The van der Waals surface area contributed by atoms with Crippen LogP contribution >= 0.6 is 28.3 Å². The maximum atomic E-state index is 13.4. The van der Waals surface area contributed by atoms with Crippen molar-refractivity contribution in [3.8, 4) is 17.0 Å². The molecule has 8 heteroatoms. The molecule has 112 valence electrons. The van der Waals surface area contributed by atoms with Gasteiger partial charge in [0.15, 0.2) is 4.80 Å². The summed E-state index contributed by atoms with van der Waals surface area (Å²) in [6.45, 7) is 0.0964. The van der Waals surface area contributed by atoms with E-state index >= 15 is 0 Å². The Bertz CT molecular complexity index is 769. The van der Waals surface area contributed by atoms with Crippen molar-refractivity contribution in [1.82, 2.24) is 4.57 Å². The minimum Gasteiger partial charge on any atom is -0.487 e. The number of aliphatic carboxylic acids is 1. The number of hydrogen-bond donors (Lipinski definition) is 1. The first kappa shape index (κ1) is 15.7. The smallest absolute Gasteiger partial charge is 0.325 e. The third-order valence-corrected chi connectivity index (χ3v) is 4.15. The van der Waals surface area contributed by atoms with Crippen LogP contribution in [0.25, 0.3) is 11.3 Å². The van der Waals surface area contributed by atoms with Crippen LogP contribution in [0.3, 0.4) is 0 Å². The highest BCUT2D eigenvalue weighted by Crippen LogP contribution is 2.38. The number of aromatic nitrogens is 1. The minimum absolute atomic E-state index is 0. The Balaban J connectivity index is 0.00000161. The number of nitrogens with zero attached hydrogens (tertiary/aromatic N) is 2. The Morgan fingerprint density at radius 1 is 1.57 bits per heavy atom. The highest BCUT2D eigenvalue weighted by molar-refractivity contribution is 8.93. The van der Waals surface area contributed by atoms with Crippen molar-refractivity contribution in [3.05, 3.63) is 33.7 Å². The lowest BCUT2D eigenvalue weighted by Crippen LogP contribution is -2.15. The lowest BCUT2D eigenvalue weighted by Gasteiger charge is -2.18. The standard InChI is InChI=1S/C13H11FN2O3S.BrH/c1-16-12-8-4-7(14)2-3-9(8)19-6-10(12)20-13(16)15-5-11(17)18;/h2-4H,5-6H2,1H3,(H,17,18);1H. The zero-order valence-corrected chi connectivity index (χ0v) is 13.5. The molecule has 1 aromatic heterocycles. The number of thiazole rings is 1. The van der Waals surface area contributed by atoms with Gasteiger partial charge < -0.3 is 14.4 Å². The molecule has 1 aliphatic rings. The van der Waals surface area contributed by atoms with E-state index in [4.69, 9.17) is 9.84 Å². The van der Waals surface area contributed by atoms with Gasteiger partial charge in [-0.1, -0.05) is 11.3 Å². The van der Waals surface area contributed by atoms with Crippen LogP contribution < -0.4 is 9.54 Å². The molecule has 2 aromatic rings. The molecule has 2 heterocycles. The number of rotatable bonds is 2. The van der Waals surface area contributed by atoms with Crippen LogP contribution in [0, 0.1) is 5.82 Å². The second-order valence-corrected chi connectivity index (χ2v) is 5.42. The van der Waals surface area contributed by atoms with Gasteiger partial charge in [-0.05, 0) is 18.2 Å².